The molecule has 3 N–H and O–H groups in total. The Morgan fingerprint density at radius 1 is 1.08 bits per heavy atom. The van der Waals surface area contributed by atoms with E-state index in [1.165, 1.54) is 0 Å². The van der Waals surface area contributed by atoms with Crippen molar-refractivity contribution in [2.24, 2.45) is 5.10 Å². The van der Waals surface area contributed by atoms with Gasteiger partial charge in [0.05, 0.1) is 6.20 Å². The van der Waals surface area contributed by atoms with Crippen LogP contribution in [0.1, 0.15) is 32.1 Å². The van der Waals surface area contributed by atoms with Gasteiger partial charge in [0.15, 0.2) is 5.82 Å². The molecule has 0 fully saturated rings. The smallest absolute Gasteiger partial charge is 0.352 e. The summed E-state index contributed by atoms with van der Waals surface area (Å²) < 4.78 is 0. The third-order valence-electron chi connectivity index (χ3n) is 3.42. The number of aliphatic carboxylic acids is 2. The van der Waals surface area contributed by atoms with E-state index in [9.17, 15) is 14.7 Å². The van der Waals surface area contributed by atoms with E-state index < -0.39 is 11.9 Å². The first kappa shape index (κ1) is 17.3. The number of benzene rings is 1. The second kappa shape index (κ2) is 8.56. The molecule has 8 nitrogen and oxygen atoms in total. The molecule has 2 rings (SSSR count). The van der Waals surface area contributed by atoms with Crippen molar-refractivity contribution < 1.29 is 19.8 Å². The molecule has 0 bridgehead atoms. The maximum atomic E-state index is 11.3. The van der Waals surface area contributed by atoms with E-state index in [0.717, 1.165) is 10.8 Å². The number of hydrazone groups is 1. The highest BCUT2D eigenvalue weighted by atomic mass is 16.4. The number of fused-ring (bicyclic) bond motifs is 1. The monoisotopic (exact) mass is 330 g/mol. The van der Waals surface area contributed by atoms with Crippen molar-refractivity contribution in [1.82, 2.24) is 10.2 Å². The number of nitrogens with zero attached hydrogens (tertiary/aromatic N) is 3. The molecule has 0 amide bonds. The molecule has 24 heavy (non-hydrogen) atoms. The van der Waals surface area contributed by atoms with Crippen molar-refractivity contribution in [3.63, 3.8) is 0 Å². The Labute approximate surface area is 138 Å². The lowest BCUT2D eigenvalue weighted by molar-refractivity contribution is -0.137. The predicted octanol–water partition coefficient (Wildman–Crippen LogP) is 2.52. The number of hydrogen-bond donors (Lipinski definition) is 3. The standard InChI is InChI=1S/C16H18N4O4/c21-14(22)9-3-1-2-8-13(16(23)24)18-20-15-12-7-5-4-6-11(12)10-17-19-15/h4-7,10H,1-3,8-9H2,(H,19,20)(H,21,22)(H,23,24)/b18-13+. The normalized spacial score (nSPS) is 11.4. The van der Waals surface area contributed by atoms with E-state index in [1.54, 1.807) is 6.20 Å². The number of carboxylic acids is 2. The van der Waals surface area contributed by atoms with Gasteiger partial charge in [-0.15, -0.1) is 5.10 Å². The zero-order valence-electron chi connectivity index (χ0n) is 13.0. The van der Waals surface area contributed by atoms with Gasteiger partial charge in [-0.2, -0.15) is 10.2 Å². The molecular weight excluding hydrogens is 312 g/mol. The second-order valence-corrected chi connectivity index (χ2v) is 5.21. The van der Waals surface area contributed by atoms with Crippen LogP contribution >= 0.6 is 0 Å². The summed E-state index contributed by atoms with van der Waals surface area (Å²) in [5.74, 6) is -1.58. The minimum atomic E-state index is -1.12. The lowest BCUT2D eigenvalue weighted by atomic mass is 10.1. The minimum absolute atomic E-state index is 0.0277. The van der Waals surface area contributed by atoms with Crippen LogP contribution in [0.2, 0.25) is 0 Å². The number of carbonyl (C=O) groups is 2. The van der Waals surface area contributed by atoms with Crippen molar-refractivity contribution in [2.75, 3.05) is 5.43 Å². The Kier molecular flexibility index (Phi) is 6.18. The van der Waals surface area contributed by atoms with Crippen LogP contribution in [-0.2, 0) is 9.59 Å². The highest BCUT2D eigenvalue weighted by Gasteiger charge is 2.10. The molecule has 0 aliphatic rings. The first-order chi connectivity index (χ1) is 11.6. The SMILES string of the molecule is O=C(O)CCCCC/C(=N\Nc1nncc2ccccc12)C(=O)O. The summed E-state index contributed by atoms with van der Waals surface area (Å²) in [6, 6.07) is 7.43. The third-order valence-corrected chi connectivity index (χ3v) is 3.42. The molecule has 0 atom stereocenters. The number of anilines is 1. The van der Waals surface area contributed by atoms with Gasteiger partial charge in [0.25, 0.3) is 0 Å². The summed E-state index contributed by atoms with van der Waals surface area (Å²) in [6.07, 6.45) is 3.66. The minimum Gasteiger partial charge on any atom is -0.481 e. The maximum absolute atomic E-state index is 11.3. The molecule has 126 valence electrons. The van der Waals surface area contributed by atoms with Crippen LogP contribution < -0.4 is 5.43 Å². The Morgan fingerprint density at radius 2 is 1.83 bits per heavy atom. The average Bonchev–Trinajstić information content (AvgIpc) is 2.56. The van der Waals surface area contributed by atoms with E-state index in [1.807, 2.05) is 24.3 Å². The van der Waals surface area contributed by atoms with Crippen LogP contribution in [-0.4, -0.2) is 38.1 Å². The van der Waals surface area contributed by atoms with Gasteiger partial charge in [-0.05, 0) is 19.3 Å². The highest BCUT2D eigenvalue weighted by molar-refractivity contribution is 6.35. The number of unbranched alkanes of at least 4 members (excludes halogenated alkanes) is 2. The molecule has 0 radical (unpaired) electrons. The summed E-state index contributed by atoms with van der Waals surface area (Å²) in [6.45, 7) is 0. The van der Waals surface area contributed by atoms with Crippen LogP contribution in [0.5, 0.6) is 0 Å². The average molecular weight is 330 g/mol. The lowest BCUT2D eigenvalue weighted by Crippen LogP contribution is -2.15. The first-order valence-electron chi connectivity index (χ1n) is 7.56. The number of aromatic nitrogens is 2. The summed E-state index contributed by atoms with van der Waals surface area (Å²) in [5, 5.41) is 31.2. The second-order valence-electron chi connectivity index (χ2n) is 5.21. The molecule has 1 aromatic carbocycles. The van der Waals surface area contributed by atoms with Crippen LogP contribution in [0, 0.1) is 0 Å². The Balaban J connectivity index is 2.00. The molecule has 0 saturated heterocycles. The zero-order valence-corrected chi connectivity index (χ0v) is 13.0. The molecular formula is C16H18N4O4. The fraction of sp³-hybridized carbons (Fsp3) is 0.312. The van der Waals surface area contributed by atoms with Gasteiger partial charge in [0.1, 0.15) is 5.71 Å². The van der Waals surface area contributed by atoms with Gasteiger partial charge in [0.2, 0.25) is 0 Å². The van der Waals surface area contributed by atoms with Crippen LogP contribution in [0.3, 0.4) is 0 Å². The number of nitrogens with one attached hydrogen (secondary N) is 1. The van der Waals surface area contributed by atoms with E-state index in [2.05, 4.69) is 20.7 Å². The molecule has 1 heterocycles. The van der Waals surface area contributed by atoms with E-state index in [-0.39, 0.29) is 18.6 Å². The van der Waals surface area contributed by atoms with Crippen molar-refractivity contribution >= 4 is 34.2 Å². The maximum Gasteiger partial charge on any atom is 0.352 e. The summed E-state index contributed by atoms with van der Waals surface area (Å²) in [7, 11) is 0. The van der Waals surface area contributed by atoms with Crippen molar-refractivity contribution in [2.45, 2.75) is 32.1 Å². The van der Waals surface area contributed by atoms with Crippen LogP contribution in [0.4, 0.5) is 5.82 Å². The van der Waals surface area contributed by atoms with Crippen molar-refractivity contribution in [1.29, 1.82) is 0 Å². The zero-order chi connectivity index (χ0) is 17.4. The first-order valence-corrected chi connectivity index (χ1v) is 7.56. The fourth-order valence-corrected chi connectivity index (χ4v) is 2.19. The molecule has 0 spiro atoms. The van der Waals surface area contributed by atoms with Gasteiger partial charge in [-0.3, -0.25) is 10.2 Å². The Bertz CT molecular complexity index is 755. The molecule has 0 saturated carbocycles. The lowest BCUT2D eigenvalue weighted by Gasteiger charge is -2.05. The fourth-order valence-electron chi connectivity index (χ4n) is 2.19. The largest absolute Gasteiger partial charge is 0.481 e. The van der Waals surface area contributed by atoms with Crippen LogP contribution in [0.15, 0.2) is 35.6 Å². The van der Waals surface area contributed by atoms with Gasteiger partial charge < -0.3 is 10.2 Å². The summed E-state index contributed by atoms with van der Waals surface area (Å²) in [5.41, 5.74) is 2.64. The predicted molar refractivity (Wildman–Crippen MR) is 89.0 cm³/mol. The highest BCUT2D eigenvalue weighted by Crippen LogP contribution is 2.19. The van der Waals surface area contributed by atoms with E-state index >= 15 is 0 Å². The number of hydrogen-bond acceptors (Lipinski definition) is 6. The summed E-state index contributed by atoms with van der Waals surface area (Å²) in [4.78, 5) is 21.7. The topological polar surface area (TPSA) is 125 Å². The third kappa shape index (κ3) is 5.01. The van der Waals surface area contributed by atoms with E-state index in [0.29, 0.717) is 25.1 Å². The van der Waals surface area contributed by atoms with Gasteiger partial charge in [-0.25, -0.2) is 4.79 Å². The quantitative estimate of drug-likeness (QED) is 0.366. The Morgan fingerprint density at radius 3 is 2.58 bits per heavy atom. The molecule has 2 aromatic rings. The van der Waals surface area contributed by atoms with Crippen molar-refractivity contribution in [3.8, 4) is 0 Å². The molecule has 8 heteroatoms. The van der Waals surface area contributed by atoms with Gasteiger partial charge in [0, 0.05) is 17.2 Å². The molecule has 0 aliphatic carbocycles. The molecule has 0 aliphatic heterocycles. The van der Waals surface area contributed by atoms with Crippen LogP contribution in [0.25, 0.3) is 10.8 Å². The summed E-state index contributed by atoms with van der Waals surface area (Å²) >= 11 is 0. The van der Waals surface area contributed by atoms with Crippen molar-refractivity contribution in [3.05, 3.63) is 30.5 Å². The Hall–Kier alpha value is -3.03. The van der Waals surface area contributed by atoms with Gasteiger partial charge >= 0.3 is 11.9 Å². The number of rotatable bonds is 9. The van der Waals surface area contributed by atoms with E-state index in [4.69, 9.17) is 5.11 Å². The molecule has 0 unspecified atom stereocenters. The van der Waals surface area contributed by atoms with Gasteiger partial charge in [-0.1, -0.05) is 30.7 Å². The molecule has 1 aromatic heterocycles. The number of carboxylic acid groups (broad SMARTS) is 2.